The summed E-state index contributed by atoms with van der Waals surface area (Å²) >= 11 is 0. The minimum atomic E-state index is -0.0374. The van der Waals surface area contributed by atoms with E-state index in [0.29, 0.717) is 6.54 Å². The molecule has 2 amide bonds. The Kier molecular flexibility index (Phi) is 3.97. The maximum Gasteiger partial charge on any atom is 0.317 e. The number of nitrogens with one attached hydrogen (secondary N) is 2. The monoisotopic (exact) mass is 196 g/mol. The molecule has 0 spiro atoms. The summed E-state index contributed by atoms with van der Waals surface area (Å²) in [6.45, 7) is 5.87. The molecule has 0 aromatic carbocycles. The van der Waals surface area contributed by atoms with Gasteiger partial charge in [-0.15, -0.1) is 0 Å². The lowest BCUT2D eigenvalue weighted by molar-refractivity contribution is 0.202. The van der Waals surface area contributed by atoms with Crippen LogP contribution >= 0.6 is 0 Å². The van der Waals surface area contributed by atoms with Crippen LogP contribution in [0.3, 0.4) is 0 Å². The molecule has 0 saturated heterocycles. The summed E-state index contributed by atoms with van der Waals surface area (Å²) < 4.78 is 0. The predicted molar refractivity (Wildman–Crippen MR) is 53.7 cm³/mol. The van der Waals surface area contributed by atoms with Crippen molar-refractivity contribution in [2.24, 2.45) is 0 Å². The number of aromatic amines is 1. The number of imidazole rings is 1. The maximum atomic E-state index is 11.5. The molecule has 5 heteroatoms. The quantitative estimate of drug-likeness (QED) is 0.753. The number of amides is 2. The molecule has 0 aliphatic heterocycles. The van der Waals surface area contributed by atoms with Gasteiger partial charge in [-0.05, 0) is 13.8 Å². The predicted octanol–water partition coefficient (Wildman–Crippen LogP) is 0.961. The molecule has 2 N–H and O–H groups in total. The lowest BCUT2D eigenvalue weighted by atomic mass is 10.4. The Morgan fingerprint density at radius 1 is 1.57 bits per heavy atom. The van der Waals surface area contributed by atoms with Gasteiger partial charge in [0.05, 0.1) is 18.6 Å². The van der Waals surface area contributed by atoms with Crippen LogP contribution in [0.2, 0.25) is 0 Å². The number of rotatable bonds is 4. The molecule has 0 atom stereocenters. The van der Waals surface area contributed by atoms with Crippen molar-refractivity contribution in [1.29, 1.82) is 0 Å². The van der Waals surface area contributed by atoms with E-state index in [1.807, 2.05) is 13.8 Å². The van der Waals surface area contributed by atoms with Crippen LogP contribution in [0.25, 0.3) is 0 Å². The second-order valence-electron chi connectivity index (χ2n) is 2.91. The molecule has 1 aromatic rings. The summed E-state index contributed by atoms with van der Waals surface area (Å²) in [4.78, 5) is 20.0. The van der Waals surface area contributed by atoms with Crippen LogP contribution in [0.5, 0.6) is 0 Å². The summed E-state index contributed by atoms with van der Waals surface area (Å²) in [5, 5.41) is 2.80. The van der Waals surface area contributed by atoms with Gasteiger partial charge in [-0.3, -0.25) is 0 Å². The Morgan fingerprint density at radius 3 is 2.79 bits per heavy atom. The molecule has 0 fully saturated rings. The first-order valence-electron chi connectivity index (χ1n) is 4.78. The van der Waals surface area contributed by atoms with Crippen LogP contribution in [0.1, 0.15) is 19.5 Å². The van der Waals surface area contributed by atoms with Gasteiger partial charge in [-0.1, -0.05) is 0 Å². The lowest BCUT2D eigenvalue weighted by Crippen LogP contribution is -2.39. The maximum absolute atomic E-state index is 11.5. The number of carbonyl (C=O) groups is 1. The van der Waals surface area contributed by atoms with Crippen molar-refractivity contribution in [2.75, 3.05) is 13.1 Å². The number of aromatic nitrogens is 2. The molecular formula is C9H16N4O. The van der Waals surface area contributed by atoms with E-state index in [-0.39, 0.29) is 6.03 Å². The molecule has 0 bridgehead atoms. The van der Waals surface area contributed by atoms with Gasteiger partial charge in [0.1, 0.15) is 0 Å². The fourth-order valence-corrected chi connectivity index (χ4v) is 1.17. The van der Waals surface area contributed by atoms with Crippen molar-refractivity contribution in [3.63, 3.8) is 0 Å². The van der Waals surface area contributed by atoms with E-state index < -0.39 is 0 Å². The van der Waals surface area contributed by atoms with E-state index in [4.69, 9.17) is 0 Å². The summed E-state index contributed by atoms with van der Waals surface area (Å²) in [5.41, 5.74) is 0.908. The molecule has 78 valence electrons. The highest BCUT2D eigenvalue weighted by Crippen LogP contribution is 1.92. The zero-order valence-corrected chi connectivity index (χ0v) is 8.58. The van der Waals surface area contributed by atoms with Gasteiger partial charge < -0.3 is 15.2 Å². The number of hydrogen-bond donors (Lipinski definition) is 2. The number of H-pyrrole nitrogens is 1. The lowest BCUT2D eigenvalue weighted by Gasteiger charge is -2.18. The fourth-order valence-electron chi connectivity index (χ4n) is 1.17. The molecular weight excluding hydrogens is 180 g/mol. The summed E-state index contributed by atoms with van der Waals surface area (Å²) in [6, 6.07) is -0.0374. The number of hydrogen-bond acceptors (Lipinski definition) is 2. The Hall–Kier alpha value is -1.52. The largest absolute Gasteiger partial charge is 0.347 e. The van der Waals surface area contributed by atoms with Gasteiger partial charge in [0.2, 0.25) is 0 Å². The molecule has 0 aliphatic carbocycles. The van der Waals surface area contributed by atoms with Gasteiger partial charge in [0.25, 0.3) is 0 Å². The van der Waals surface area contributed by atoms with Crippen LogP contribution in [-0.4, -0.2) is 34.0 Å². The fraction of sp³-hybridized carbons (Fsp3) is 0.556. The second-order valence-corrected chi connectivity index (χ2v) is 2.91. The Morgan fingerprint density at radius 2 is 2.29 bits per heavy atom. The minimum absolute atomic E-state index is 0.0374. The second kappa shape index (κ2) is 5.26. The number of urea groups is 1. The number of nitrogens with zero attached hydrogens (tertiary/aromatic N) is 2. The van der Waals surface area contributed by atoms with Crippen molar-refractivity contribution >= 4 is 6.03 Å². The normalized spacial score (nSPS) is 9.86. The van der Waals surface area contributed by atoms with Crippen molar-refractivity contribution < 1.29 is 4.79 Å². The van der Waals surface area contributed by atoms with E-state index in [1.165, 1.54) is 0 Å². The smallest absolute Gasteiger partial charge is 0.317 e. The van der Waals surface area contributed by atoms with E-state index in [0.717, 1.165) is 18.8 Å². The zero-order chi connectivity index (χ0) is 10.4. The third-order valence-corrected chi connectivity index (χ3v) is 2.04. The SMILES string of the molecule is CCN(CC)C(=O)NCc1cnc[nH]1. The van der Waals surface area contributed by atoms with Gasteiger partial charge in [-0.25, -0.2) is 9.78 Å². The third-order valence-electron chi connectivity index (χ3n) is 2.04. The summed E-state index contributed by atoms with van der Waals surface area (Å²) in [6.07, 6.45) is 3.29. The Balaban J connectivity index is 2.34. The van der Waals surface area contributed by atoms with E-state index in [1.54, 1.807) is 17.4 Å². The molecule has 5 nitrogen and oxygen atoms in total. The first-order chi connectivity index (χ1) is 6.77. The van der Waals surface area contributed by atoms with Crippen LogP contribution in [-0.2, 0) is 6.54 Å². The Labute approximate surface area is 83.5 Å². The standard InChI is InChI=1S/C9H16N4O/c1-3-13(4-2)9(14)11-6-8-5-10-7-12-8/h5,7H,3-4,6H2,1-2H3,(H,10,12)(H,11,14). The van der Waals surface area contributed by atoms with Crippen LogP contribution < -0.4 is 5.32 Å². The van der Waals surface area contributed by atoms with Crippen molar-refractivity contribution in [1.82, 2.24) is 20.2 Å². The zero-order valence-electron chi connectivity index (χ0n) is 8.58. The topological polar surface area (TPSA) is 61.0 Å². The van der Waals surface area contributed by atoms with Crippen LogP contribution in [0, 0.1) is 0 Å². The van der Waals surface area contributed by atoms with E-state index in [2.05, 4.69) is 15.3 Å². The first-order valence-corrected chi connectivity index (χ1v) is 4.78. The van der Waals surface area contributed by atoms with Crippen LogP contribution in [0.15, 0.2) is 12.5 Å². The van der Waals surface area contributed by atoms with Gasteiger partial charge in [0, 0.05) is 19.3 Å². The highest BCUT2D eigenvalue weighted by Gasteiger charge is 2.07. The summed E-state index contributed by atoms with van der Waals surface area (Å²) in [7, 11) is 0. The van der Waals surface area contributed by atoms with Crippen molar-refractivity contribution in [3.05, 3.63) is 18.2 Å². The summed E-state index contributed by atoms with van der Waals surface area (Å²) in [5.74, 6) is 0. The molecule has 0 saturated carbocycles. The highest BCUT2D eigenvalue weighted by molar-refractivity contribution is 5.73. The van der Waals surface area contributed by atoms with Gasteiger partial charge in [0.15, 0.2) is 0 Å². The van der Waals surface area contributed by atoms with Crippen LogP contribution in [0.4, 0.5) is 4.79 Å². The average molecular weight is 196 g/mol. The third kappa shape index (κ3) is 2.76. The first kappa shape index (κ1) is 10.6. The van der Waals surface area contributed by atoms with E-state index >= 15 is 0 Å². The minimum Gasteiger partial charge on any atom is -0.347 e. The average Bonchev–Trinajstić information content (AvgIpc) is 2.69. The molecule has 14 heavy (non-hydrogen) atoms. The highest BCUT2D eigenvalue weighted by atomic mass is 16.2. The molecule has 1 aromatic heterocycles. The van der Waals surface area contributed by atoms with Crippen molar-refractivity contribution in [3.8, 4) is 0 Å². The molecule has 0 radical (unpaired) electrons. The molecule has 1 heterocycles. The van der Waals surface area contributed by atoms with Crippen molar-refractivity contribution in [2.45, 2.75) is 20.4 Å². The Bertz CT molecular complexity index is 266. The number of carbonyl (C=O) groups excluding carboxylic acids is 1. The van der Waals surface area contributed by atoms with Gasteiger partial charge >= 0.3 is 6.03 Å². The van der Waals surface area contributed by atoms with Gasteiger partial charge in [-0.2, -0.15) is 0 Å². The molecule has 1 rings (SSSR count). The molecule has 0 unspecified atom stereocenters. The van der Waals surface area contributed by atoms with E-state index in [9.17, 15) is 4.79 Å². The molecule has 0 aliphatic rings.